The molecule has 57 heavy (non-hydrogen) atoms. The van der Waals surface area contributed by atoms with Crippen LogP contribution in [0.1, 0.15) is 251 Å². The summed E-state index contributed by atoms with van der Waals surface area (Å²) in [4.78, 5) is 22.6. The van der Waals surface area contributed by atoms with E-state index < -0.39 is 13.9 Å². The van der Waals surface area contributed by atoms with Crippen molar-refractivity contribution in [3.05, 3.63) is 12.2 Å². The predicted molar refractivity (Wildman–Crippen MR) is 243 cm³/mol. The zero-order valence-electron chi connectivity index (χ0n) is 37.9. The second-order valence-electron chi connectivity index (χ2n) is 16.7. The number of nitrogens with two attached hydrogens (primary N) is 1. The lowest BCUT2D eigenvalue weighted by molar-refractivity contribution is -0.154. The summed E-state index contributed by atoms with van der Waals surface area (Å²) in [5.74, 6) is -0.326. The van der Waals surface area contributed by atoms with Crippen molar-refractivity contribution >= 4 is 13.8 Å². The lowest BCUT2D eigenvalue weighted by Gasteiger charge is -2.20. The Morgan fingerprint density at radius 1 is 0.509 bits per heavy atom. The maximum absolute atomic E-state index is 12.6. The monoisotopic (exact) mass is 830 g/mol. The minimum atomic E-state index is -4.28. The normalized spacial score (nSPS) is 13.4. The van der Waals surface area contributed by atoms with E-state index in [0.29, 0.717) is 13.0 Å². The molecule has 0 saturated heterocycles. The zero-order chi connectivity index (χ0) is 41.6. The summed E-state index contributed by atoms with van der Waals surface area (Å²) in [6, 6.07) is 0. The SMILES string of the molecule is CCCCCCCC/C=C\CCCCCCCCOCC(COP(=O)(O)OCCN)OC(=O)CCCCCCCCCCCCCCCCCCCCCCCC. The van der Waals surface area contributed by atoms with E-state index >= 15 is 0 Å². The van der Waals surface area contributed by atoms with Gasteiger partial charge in [-0.3, -0.25) is 13.8 Å². The summed E-state index contributed by atoms with van der Waals surface area (Å²) in [6.07, 6.45) is 51.0. The van der Waals surface area contributed by atoms with Gasteiger partial charge < -0.3 is 20.1 Å². The maximum atomic E-state index is 12.6. The third-order valence-corrected chi connectivity index (χ3v) is 11.9. The third kappa shape index (κ3) is 46.2. The van der Waals surface area contributed by atoms with E-state index in [1.54, 1.807) is 0 Å². The Labute approximate surface area is 354 Å². The van der Waals surface area contributed by atoms with Crippen LogP contribution in [-0.4, -0.2) is 49.9 Å². The molecule has 0 aromatic carbocycles. The number of rotatable bonds is 48. The van der Waals surface area contributed by atoms with Crippen LogP contribution in [0.15, 0.2) is 12.2 Å². The molecule has 0 aromatic heterocycles. The Kier molecular flexibility index (Phi) is 45.7. The van der Waals surface area contributed by atoms with E-state index in [4.69, 9.17) is 24.3 Å². The van der Waals surface area contributed by atoms with Gasteiger partial charge in [0.25, 0.3) is 0 Å². The molecule has 0 aliphatic carbocycles. The summed E-state index contributed by atoms with van der Waals surface area (Å²) in [7, 11) is -4.28. The minimum absolute atomic E-state index is 0.0931. The number of allylic oxidation sites excluding steroid dienone is 2. The second kappa shape index (κ2) is 46.3. The summed E-state index contributed by atoms with van der Waals surface area (Å²) in [5.41, 5.74) is 5.38. The van der Waals surface area contributed by atoms with Crippen molar-refractivity contribution in [2.75, 3.05) is 33.0 Å². The van der Waals surface area contributed by atoms with E-state index in [2.05, 4.69) is 26.0 Å². The highest BCUT2D eigenvalue weighted by molar-refractivity contribution is 7.47. The molecule has 0 aliphatic heterocycles. The number of carbonyl (C=O) groups is 1. The first-order chi connectivity index (χ1) is 27.9. The highest BCUT2D eigenvalue weighted by Crippen LogP contribution is 2.43. The van der Waals surface area contributed by atoms with Gasteiger partial charge in [-0.15, -0.1) is 0 Å². The van der Waals surface area contributed by atoms with Gasteiger partial charge in [-0.25, -0.2) is 4.57 Å². The highest BCUT2D eigenvalue weighted by atomic mass is 31.2. The number of hydrogen-bond donors (Lipinski definition) is 2. The summed E-state index contributed by atoms with van der Waals surface area (Å²) in [6.45, 7) is 4.96. The van der Waals surface area contributed by atoms with Crippen molar-refractivity contribution in [3.8, 4) is 0 Å². The Balaban J connectivity index is 3.91. The number of esters is 1. The van der Waals surface area contributed by atoms with Crippen molar-refractivity contribution < 1.29 is 32.8 Å². The number of phosphoric acid groups is 1. The molecule has 0 amide bonds. The second-order valence-corrected chi connectivity index (χ2v) is 18.1. The first kappa shape index (κ1) is 56.2. The molecule has 0 radical (unpaired) electrons. The molecule has 0 saturated carbocycles. The number of phosphoric ester groups is 1. The molecule has 2 unspecified atom stereocenters. The molecule has 0 rings (SSSR count). The summed E-state index contributed by atoms with van der Waals surface area (Å²) >= 11 is 0. The average molecular weight is 830 g/mol. The van der Waals surface area contributed by atoms with E-state index in [9.17, 15) is 14.3 Å². The number of hydrogen-bond acceptors (Lipinski definition) is 7. The van der Waals surface area contributed by atoms with Crippen molar-refractivity contribution in [1.82, 2.24) is 0 Å². The molecule has 0 heterocycles. The molecule has 8 nitrogen and oxygen atoms in total. The Morgan fingerprint density at radius 3 is 1.28 bits per heavy atom. The first-order valence-electron chi connectivity index (χ1n) is 24.7. The molecular weight excluding hydrogens is 734 g/mol. The topological polar surface area (TPSA) is 117 Å². The number of carbonyl (C=O) groups excluding carboxylic acids is 1. The van der Waals surface area contributed by atoms with Gasteiger partial charge in [0.1, 0.15) is 6.10 Å². The van der Waals surface area contributed by atoms with Gasteiger partial charge in [0.15, 0.2) is 0 Å². The quantitative estimate of drug-likeness (QED) is 0.0269. The third-order valence-electron chi connectivity index (χ3n) is 10.9. The molecule has 0 aliphatic rings. The van der Waals surface area contributed by atoms with Gasteiger partial charge >= 0.3 is 13.8 Å². The number of unbranched alkanes of at least 4 members (excludes halogenated alkanes) is 33. The van der Waals surface area contributed by atoms with E-state index in [1.165, 1.54) is 199 Å². The van der Waals surface area contributed by atoms with E-state index in [-0.39, 0.29) is 32.3 Å². The van der Waals surface area contributed by atoms with E-state index in [0.717, 1.165) is 32.1 Å². The average Bonchev–Trinajstić information content (AvgIpc) is 3.20. The fourth-order valence-electron chi connectivity index (χ4n) is 7.29. The zero-order valence-corrected chi connectivity index (χ0v) is 38.7. The fourth-order valence-corrected chi connectivity index (χ4v) is 8.05. The smallest absolute Gasteiger partial charge is 0.457 e. The van der Waals surface area contributed by atoms with Crippen LogP contribution in [0.25, 0.3) is 0 Å². The van der Waals surface area contributed by atoms with Crippen LogP contribution >= 0.6 is 7.82 Å². The van der Waals surface area contributed by atoms with E-state index in [1.807, 2.05) is 0 Å². The predicted octanol–water partition coefficient (Wildman–Crippen LogP) is 15.0. The van der Waals surface area contributed by atoms with Crippen molar-refractivity contribution in [2.24, 2.45) is 5.73 Å². The minimum Gasteiger partial charge on any atom is -0.457 e. The van der Waals surface area contributed by atoms with Crippen molar-refractivity contribution in [3.63, 3.8) is 0 Å². The molecule has 3 N–H and O–H groups in total. The van der Waals surface area contributed by atoms with Gasteiger partial charge in [0.05, 0.1) is 19.8 Å². The molecule has 0 bridgehead atoms. The summed E-state index contributed by atoms with van der Waals surface area (Å²) < 4.78 is 33.5. The van der Waals surface area contributed by atoms with Gasteiger partial charge in [-0.1, -0.05) is 219 Å². The Hall–Kier alpha value is -0.760. The standard InChI is InChI=1S/C48H96NO7P/c1-3-5-7-9-11-13-15-17-19-21-22-23-24-25-26-27-29-31-33-35-37-39-41-48(50)56-47(46-55-57(51,52)54-44-42-49)45-53-43-40-38-36-34-32-30-28-20-18-16-14-12-10-8-6-4-2/h18,20,47H,3-17,19,21-46,49H2,1-2H3,(H,51,52)/b20-18-. The van der Waals surface area contributed by atoms with Gasteiger partial charge in [-0.2, -0.15) is 0 Å². The number of ether oxygens (including phenoxy) is 2. The molecule has 2 atom stereocenters. The first-order valence-corrected chi connectivity index (χ1v) is 26.2. The van der Waals surface area contributed by atoms with Crippen LogP contribution in [0.5, 0.6) is 0 Å². The molecule has 0 aromatic rings. The molecule has 9 heteroatoms. The van der Waals surface area contributed by atoms with Crippen molar-refractivity contribution in [2.45, 2.75) is 258 Å². The largest absolute Gasteiger partial charge is 0.472 e. The van der Waals surface area contributed by atoms with Crippen LogP contribution < -0.4 is 5.73 Å². The Morgan fingerprint density at radius 2 is 0.877 bits per heavy atom. The summed E-state index contributed by atoms with van der Waals surface area (Å²) in [5, 5.41) is 0. The van der Waals surface area contributed by atoms with Crippen LogP contribution in [0, 0.1) is 0 Å². The maximum Gasteiger partial charge on any atom is 0.472 e. The lowest BCUT2D eigenvalue weighted by atomic mass is 10.0. The van der Waals surface area contributed by atoms with Crippen LogP contribution in [0.4, 0.5) is 0 Å². The fraction of sp³-hybridized carbons (Fsp3) is 0.938. The molecule has 0 spiro atoms. The van der Waals surface area contributed by atoms with Crippen LogP contribution in [0.2, 0.25) is 0 Å². The Bertz CT molecular complexity index is 889. The lowest BCUT2D eigenvalue weighted by Crippen LogP contribution is -2.28. The van der Waals surface area contributed by atoms with Gasteiger partial charge in [0.2, 0.25) is 0 Å². The van der Waals surface area contributed by atoms with Crippen LogP contribution in [-0.2, 0) is 27.9 Å². The van der Waals surface area contributed by atoms with Crippen molar-refractivity contribution in [1.29, 1.82) is 0 Å². The highest BCUT2D eigenvalue weighted by Gasteiger charge is 2.25. The molecule has 0 fully saturated rings. The molecule has 340 valence electrons. The van der Waals surface area contributed by atoms with Gasteiger partial charge in [-0.05, 0) is 38.5 Å². The molecular formula is C48H96NO7P. The van der Waals surface area contributed by atoms with Crippen LogP contribution in [0.3, 0.4) is 0 Å². The van der Waals surface area contributed by atoms with Gasteiger partial charge in [0, 0.05) is 19.6 Å².